The molecule has 1 atom stereocenters. The van der Waals surface area contributed by atoms with Crippen molar-refractivity contribution in [2.24, 2.45) is 0 Å². The van der Waals surface area contributed by atoms with Gasteiger partial charge in [0.1, 0.15) is 17.9 Å². The molecule has 7 heteroatoms. The number of rotatable bonds is 6. The van der Waals surface area contributed by atoms with E-state index in [4.69, 9.17) is 4.74 Å². The molecule has 3 rings (SSSR count). The summed E-state index contributed by atoms with van der Waals surface area (Å²) in [5.41, 5.74) is 2.05. The van der Waals surface area contributed by atoms with E-state index in [1.54, 1.807) is 12.1 Å². The number of nitrogens with zero attached hydrogens (tertiary/aromatic N) is 1. The number of fused-ring (bicyclic) bond motifs is 1. The smallest absolute Gasteiger partial charge is 0.241 e. The third-order valence-electron chi connectivity index (χ3n) is 5.03. The van der Waals surface area contributed by atoms with Crippen LogP contribution in [0.15, 0.2) is 48.5 Å². The zero-order valence-corrected chi connectivity index (χ0v) is 18.1. The van der Waals surface area contributed by atoms with Gasteiger partial charge in [-0.15, -0.1) is 0 Å². The molecule has 1 amide bonds. The number of carbonyl (C=O) groups is 1. The van der Waals surface area contributed by atoms with Crippen LogP contribution in [0.3, 0.4) is 0 Å². The monoisotopic (exact) mass is 416 g/mol. The average molecular weight is 417 g/mol. The molecule has 0 fully saturated rings. The lowest BCUT2D eigenvalue weighted by Crippen LogP contribution is -2.45. The second kappa shape index (κ2) is 8.06. The quantitative estimate of drug-likeness (QED) is 0.783. The first kappa shape index (κ1) is 21.2. The van der Waals surface area contributed by atoms with Crippen molar-refractivity contribution in [1.29, 1.82) is 0 Å². The molecule has 0 unspecified atom stereocenters. The molecule has 1 heterocycles. The van der Waals surface area contributed by atoms with Gasteiger partial charge in [0.2, 0.25) is 15.9 Å². The second-order valence-corrected chi connectivity index (χ2v) is 9.92. The van der Waals surface area contributed by atoms with Gasteiger partial charge in [-0.25, -0.2) is 8.42 Å². The molecule has 6 nitrogen and oxygen atoms in total. The van der Waals surface area contributed by atoms with Crippen molar-refractivity contribution in [2.75, 3.05) is 17.1 Å². The molecule has 1 aliphatic rings. The van der Waals surface area contributed by atoms with E-state index < -0.39 is 15.6 Å². The Balaban J connectivity index is 1.80. The number of hydrogen-bond donors (Lipinski definition) is 1. The van der Waals surface area contributed by atoms with Crippen LogP contribution in [0.2, 0.25) is 0 Å². The molecule has 0 spiro atoms. The standard InChI is InChI=1S/C22H28N2O4S/c1-5-16-10-12-17(13-11-16)24(29(4,26)27)15-21(25)23-19-14-22(2,3)28-20-9-7-6-8-18(19)20/h6-13,19H,5,14-15H2,1-4H3,(H,23,25)/t19-/m1/s1. The summed E-state index contributed by atoms with van der Waals surface area (Å²) in [5.74, 6) is 0.386. The Morgan fingerprint density at radius 3 is 2.45 bits per heavy atom. The topological polar surface area (TPSA) is 75.7 Å². The summed E-state index contributed by atoms with van der Waals surface area (Å²) in [4.78, 5) is 12.8. The zero-order chi connectivity index (χ0) is 21.2. The van der Waals surface area contributed by atoms with E-state index in [9.17, 15) is 13.2 Å². The molecular weight excluding hydrogens is 388 g/mol. The summed E-state index contributed by atoms with van der Waals surface area (Å²) in [7, 11) is -3.61. The molecule has 0 saturated carbocycles. The summed E-state index contributed by atoms with van der Waals surface area (Å²) < 4.78 is 31.8. The van der Waals surface area contributed by atoms with Crippen LogP contribution < -0.4 is 14.4 Å². The Bertz CT molecular complexity index is 984. The van der Waals surface area contributed by atoms with Gasteiger partial charge in [-0.2, -0.15) is 0 Å². The van der Waals surface area contributed by atoms with Crippen LogP contribution in [0.1, 0.15) is 44.4 Å². The van der Waals surface area contributed by atoms with Crippen LogP contribution in [-0.4, -0.2) is 32.7 Å². The molecule has 2 aromatic rings. The van der Waals surface area contributed by atoms with Crippen molar-refractivity contribution in [3.8, 4) is 5.75 Å². The van der Waals surface area contributed by atoms with Crippen molar-refractivity contribution in [3.63, 3.8) is 0 Å². The number of sulfonamides is 1. The van der Waals surface area contributed by atoms with Crippen molar-refractivity contribution >= 4 is 21.6 Å². The third-order valence-corrected chi connectivity index (χ3v) is 6.17. The average Bonchev–Trinajstić information content (AvgIpc) is 2.64. The van der Waals surface area contributed by atoms with E-state index in [0.29, 0.717) is 12.1 Å². The predicted molar refractivity (Wildman–Crippen MR) is 115 cm³/mol. The lowest BCUT2D eigenvalue weighted by Gasteiger charge is -2.38. The molecule has 0 bridgehead atoms. The Hall–Kier alpha value is -2.54. The number of benzene rings is 2. The lowest BCUT2D eigenvalue weighted by molar-refractivity contribution is -0.120. The van der Waals surface area contributed by atoms with Gasteiger partial charge in [-0.05, 0) is 44.0 Å². The van der Waals surface area contributed by atoms with E-state index >= 15 is 0 Å². The van der Waals surface area contributed by atoms with E-state index in [2.05, 4.69) is 5.32 Å². The molecule has 0 aliphatic carbocycles. The molecule has 0 saturated heterocycles. The van der Waals surface area contributed by atoms with Crippen LogP contribution in [0.25, 0.3) is 0 Å². The molecule has 1 N–H and O–H groups in total. The van der Waals surface area contributed by atoms with Crippen LogP contribution in [0.5, 0.6) is 5.75 Å². The summed E-state index contributed by atoms with van der Waals surface area (Å²) in [6.07, 6.45) is 2.57. The summed E-state index contributed by atoms with van der Waals surface area (Å²) in [6.45, 7) is 5.70. The van der Waals surface area contributed by atoms with E-state index in [1.165, 1.54) is 0 Å². The number of hydrogen-bond acceptors (Lipinski definition) is 4. The Kier molecular flexibility index (Phi) is 5.89. The first-order valence-electron chi connectivity index (χ1n) is 9.73. The second-order valence-electron chi connectivity index (χ2n) is 8.01. The minimum atomic E-state index is -3.61. The van der Waals surface area contributed by atoms with Crippen LogP contribution in [0, 0.1) is 0 Å². The maximum Gasteiger partial charge on any atom is 0.241 e. The van der Waals surface area contributed by atoms with Gasteiger partial charge in [-0.3, -0.25) is 9.10 Å². The molecule has 0 aromatic heterocycles. The number of para-hydroxylation sites is 1. The Morgan fingerprint density at radius 2 is 1.83 bits per heavy atom. The number of carbonyl (C=O) groups excluding carboxylic acids is 1. The Labute approximate surface area is 172 Å². The van der Waals surface area contributed by atoms with Crippen molar-refractivity contribution in [2.45, 2.75) is 45.3 Å². The highest BCUT2D eigenvalue weighted by atomic mass is 32.2. The van der Waals surface area contributed by atoms with Crippen LogP contribution >= 0.6 is 0 Å². The van der Waals surface area contributed by atoms with E-state index in [-0.39, 0.29) is 18.5 Å². The van der Waals surface area contributed by atoms with E-state index in [1.807, 2.05) is 57.2 Å². The molecule has 1 aliphatic heterocycles. The highest BCUT2D eigenvalue weighted by Crippen LogP contribution is 2.39. The maximum absolute atomic E-state index is 12.8. The molecule has 2 aromatic carbocycles. The first-order chi connectivity index (χ1) is 13.6. The number of anilines is 1. The number of ether oxygens (including phenoxy) is 1. The fourth-order valence-electron chi connectivity index (χ4n) is 3.60. The van der Waals surface area contributed by atoms with Gasteiger partial charge in [0, 0.05) is 12.0 Å². The zero-order valence-electron chi connectivity index (χ0n) is 17.3. The highest BCUT2D eigenvalue weighted by molar-refractivity contribution is 7.92. The number of nitrogens with one attached hydrogen (secondary N) is 1. The predicted octanol–water partition coefficient (Wildman–Crippen LogP) is 3.43. The van der Waals surface area contributed by atoms with Gasteiger partial charge in [0.25, 0.3) is 0 Å². The van der Waals surface area contributed by atoms with Gasteiger partial charge < -0.3 is 10.1 Å². The number of amides is 1. The number of aryl methyl sites for hydroxylation is 1. The van der Waals surface area contributed by atoms with E-state index in [0.717, 1.165) is 33.9 Å². The highest BCUT2D eigenvalue weighted by Gasteiger charge is 2.34. The minimum absolute atomic E-state index is 0.244. The van der Waals surface area contributed by atoms with Gasteiger partial charge >= 0.3 is 0 Å². The van der Waals surface area contributed by atoms with Crippen molar-refractivity contribution in [1.82, 2.24) is 5.32 Å². The minimum Gasteiger partial charge on any atom is -0.487 e. The summed E-state index contributed by atoms with van der Waals surface area (Å²) in [5, 5.41) is 3.00. The summed E-state index contributed by atoms with van der Waals surface area (Å²) in [6, 6.07) is 14.6. The third kappa shape index (κ3) is 5.09. The van der Waals surface area contributed by atoms with Crippen LogP contribution in [0.4, 0.5) is 5.69 Å². The lowest BCUT2D eigenvalue weighted by atomic mass is 9.89. The van der Waals surface area contributed by atoms with Crippen molar-refractivity contribution in [3.05, 3.63) is 59.7 Å². The first-order valence-corrected chi connectivity index (χ1v) is 11.6. The fourth-order valence-corrected chi connectivity index (χ4v) is 4.46. The molecule has 0 radical (unpaired) electrons. The van der Waals surface area contributed by atoms with Gasteiger partial charge in [0.05, 0.1) is 18.0 Å². The maximum atomic E-state index is 12.8. The largest absolute Gasteiger partial charge is 0.487 e. The SMILES string of the molecule is CCc1ccc(N(CC(=O)N[C@@H]2CC(C)(C)Oc3ccccc32)S(C)(=O)=O)cc1. The molecule has 29 heavy (non-hydrogen) atoms. The van der Waals surface area contributed by atoms with Crippen molar-refractivity contribution < 1.29 is 17.9 Å². The molecule has 156 valence electrons. The fraction of sp³-hybridized carbons (Fsp3) is 0.409. The van der Waals surface area contributed by atoms with Gasteiger partial charge in [0.15, 0.2) is 0 Å². The van der Waals surface area contributed by atoms with Gasteiger partial charge in [-0.1, -0.05) is 37.3 Å². The molecular formula is C22H28N2O4S. The normalized spacial score (nSPS) is 17.7. The van der Waals surface area contributed by atoms with Crippen LogP contribution in [-0.2, 0) is 21.2 Å². The summed E-state index contributed by atoms with van der Waals surface area (Å²) >= 11 is 0. The Morgan fingerprint density at radius 1 is 1.17 bits per heavy atom.